The molecule has 0 N–H and O–H groups in total. The molecule has 0 aliphatic carbocycles. The van der Waals surface area contributed by atoms with Crippen LogP contribution in [0.15, 0.2) is 53.0 Å². The number of carbonyl (C=O) groups excluding carboxylic acids is 1. The van der Waals surface area contributed by atoms with Gasteiger partial charge in [-0.3, -0.25) is 4.79 Å². The fraction of sp³-hybridized carbons (Fsp3) is 0.278. The van der Waals surface area contributed by atoms with Crippen LogP contribution in [0.5, 0.6) is 0 Å². The number of benzene rings is 2. The molecule has 2 aromatic carbocycles. The van der Waals surface area contributed by atoms with E-state index in [2.05, 4.69) is 15.9 Å². The topological polar surface area (TPSA) is 23.6 Å². The monoisotopic (exact) mass is 378 g/mol. The van der Waals surface area contributed by atoms with E-state index in [0.29, 0.717) is 24.1 Å². The Hall–Kier alpha value is -1.72. The molecule has 0 fully saturated rings. The molecule has 0 bridgehead atoms. The number of amides is 1. The molecule has 0 saturated carbocycles. The van der Waals surface area contributed by atoms with Gasteiger partial charge in [-0.2, -0.15) is 0 Å². The number of hydrogen-bond acceptors (Lipinski definition) is 2. The Balaban J connectivity index is 2.24. The molecule has 0 aliphatic rings. The molecule has 0 aromatic heterocycles. The first-order valence-corrected chi connectivity index (χ1v) is 8.19. The molecule has 0 heterocycles. The predicted octanol–water partition coefficient (Wildman–Crippen LogP) is 3.79. The molecule has 122 valence electrons. The first-order valence-electron chi connectivity index (χ1n) is 7.40. The summed E-state index contributed by atoms with van der Waals surface area (Å²) in [4.78, 5) is 16.5. The SMILES string of the molecule is CN(C)CCN(Cc1ccccc1)C(=O)c1cc(Br)ccc1F. The summed E-state index contributed by atoms with van der Waals surface area (Å²) in [5.74, 6) is -0.796. The second-order valence-electron chi connectivity index (χ2n) is 5.64. The van der Waals surface area contributed by atoms with Crippen LogP contribution in [-0.4, -0.2) is 42.9 Å². The highest BCUT2D eigenvalue weighted by molar-refractivity contribution is 9.10. The van der Waals surface area contributed by atoms with Crippen molar-refractivity contribution >= 4 is 21.8 Å². The standard InChI is InChI=1S/C18H20BrFN2O/c1-21(2)10-11-22(13-14-6-4-3-5-7-14)18(23)16-12-15(19)8-9-17(16)20/h3-9,12H,10-11,13H2,1-2H3. The summed E-state index contributed by atoms with van der Waals surface area (Å²) in [5.41, 5.74) is 1.11. The lowest BCUT2D eigenvalue weighted by molar-refractivity contribution is 0.0727. The third-order valence-corrected chi connectivity index (χ3v) is 3.97. The van der Waals surface area contributed by atoms with E-state index in [0.717, 1.165) is 5.56 Å². The Morgan fingerprint density at radius 1 is 1.09 bits per heavy atom. The number of rotatable bonds is 6. The van der Waals surface area contributed by atoms with Crippen LogP contribution in [-0.2, 0) is 6.54 Å². The Labute approximate surface area is 144 Å². The lowest BCUT2D eigenvalue weighted by atomic mass is 10.1. The maximum absolute atomic E-state index is 14.0. The van der Waals surface area contributed by atoms with Crippen molar-refractivity contribution < 1.29 is 9.18 Å². The Bertz CT molecular complexity index is 661. The molecule has 0 saturated heterocycles. The van der Waals surface area contributed by atoms with Crippen LogP contribution in [0.3, 0.4) is 0 Å². The van der Waals surface area contributed by atoms with Crippen molar-refractivity contribution in [3.05, 3.63) is 69.9 Å². The third-order valence-electron chi connectivity index (χ3n) is 3.48. The van der Waals surface area contributed by atoms with Crippen LogP contribution < -0.4 is 0 Å². The van der Waals surface area contributed by atoms with Crippen molar-refractivity contribution in [1.82, 2.24) is 9.80 Å². The second kappa shape index (κ2) is 8.22. The summed E-state index contributed by atoms with van der Waals surface area (Å²) in [6.07, 6.45) is 0. The molecule has 23 heavy (non-hydrogen) atoms. The number of halogens is 2. The Morgan fingerprint density at radius 2 is 1.78 bits per heavy atom. The molecule has 0 unspecified atom stereocenters. The molecular weight excluding hydrogens is 359 g/mol. The second-order valence-corrected chi connectivity index (χ2v) is 6.56. The fourth-order valence-electron chi connectivity index (χ4n) is 2.21. The summed E-state index contributed by atoms with van der Waals surface area (Å²) in [5, 5.41) is 0. The van der Waals surface area contributed by atoms with Crippen LogP contribution >= 0.6 is 15.9 Å². The van der Waals surface area contributed by atoms with Gasteiger partial charge >= 0.3 is 0 Å². The molecule has 0 aliphatic heterocycles. The normalized spacial score (nSPS) is 10.8. The zero-order valence-electron chi connectivity index (χ0n) is 13.3. The molecule has 2 aromatic rings. The van der Waals surface area contributed by atoms with Crippen molar-refractivity contribution in [2.24, 2.45) is 0 Å². The molecule has 0 atom stereocenters. The summed E-state index contributed by atoms with van der Waals surface area (Å²) >= 11 is 3.30. The van der Waals surface area contributed by atoms with Gasteiger partial charge in [0.1, 0.15) is 5.82 Å². The molecule has 1 amide bonds. The van der Waals surface area contributed by atoms with Gasteiger partial charge in [0.2, 0.25) is 0 Å². The molecule has 3 nitrogen and oxygen atoms in total. The van der Waals surface area contributed by atoms with Gasteiger partial charge in [0.25, 0.3) is 5.91 Å². The zero-order valence-corrected chi connectivity index (χ0v) is 14.9. The first kappa shape index (κ1) is 17.6. The lowest BCUT2D eigenvalue weighted by Crippen LogP contribution is -2.36. The summed E-state index contributed by atoms with van der Waals surface area (Å²) in [6, 6.07) is 14.2. The van der Waals surface area contributed by atoms with Gasteiger partial charge in [0.15, 0.2) is 0 Å². The van der Waals surface area contributed by atoms with Crippen LogP contribution in [0.1, 0.15) is 15.9 Å². The average Bonchev–Trinajstić information content (AvgIpc) is 2.54. The lowest BCUT2D eigenvalue weighted by Gasteiger charge is -2.25. The minimum absolute atomic E-state index is 0.0917. The third kappa shape index (κ3) is 5.15. The maximum Gasteiger partial charge on any atom is 0.257 e. The van der Waals surface area contributed by atoms with Crippen LogP contribution in [0.25, 0.3) is 0 Å². The minimum atomic E-state index is -0.499. The molecule has 0 radical (unpaired) electrons. The van der Waals surface area contributed by atoms with Crippen molar-refractivity contribution in [2.75, 3.05) is 27.2 Å². The Morgan fingerprint density at radius 3 is 2.43 bits per heavy atom. The van der Waals surface area contributed by atoms with E-state index in [1.54, 1.807) is 11.0 Å². The average molecular weight is 379 g/mol. The first-order chi connectivity index (χ1) is 11.0. The van der Waals surface area contributed by atoms with E-state index in [-0.39, 0.29) is 11.5 Å². The number of nitrogens with zero attached hydrogens (tertiary/aromatic N) is 2. The van der Waals surface area contributed by atoms with E-state index in [4.69, 9.17) is 0 Å². The van der Waals surface area contributed by atoms with Crippen molar-refractivity contribution in [3.8, 4) is 0 Å². The summed E-state index contributed by atoms with van der Waals surface area (Å²) < 4.78 is 14.7. The van der Waals surface area contributed by atoms with Gasteiger partial charge in [0, 0.05) is 24.1 Å². The van der Waals surface area contributed by atoms with E-state index >= 15 is 0 Å². The van der Waals surface area contributed by atoms with E-state index in [1.165, 1.54) is 12.1 Å². The highest BCUT2D eigenvalue weighted by Crippen LogP contribution is 2.18. The number of hydrogen-bond donors (Lipinski definition) is 0. The van der Waals surface area contributed by atoms with Crippen molar-refractivity contribution in [1.29, 1.82) is 0 Å². The molecule has 2 rings (SSSR count). The van der Waals surface area contributed by atoms with Gasteiger partial charge in [-0.05, 0) is 37.9 Å². The highest BCUT2D eigenvalue weighted by Gasteiger charge is 2.20. The van der Waals surface area contributed by atoms with Crippen molar-refractivity contribution in [2.45, 2.75) is 6.54 Å². The van der Waals surface area contributed by atoms with E-state index in [9.17, 15) is 9.18 Å². The van der Waals surface area contributed by atoms with Crippen LogP contribution in [0.2, 0.25) is 0 Å². The highest BCUT2D eigenvalue weighted by atomic mass is 79.9. The van der Waals surface area contributed by atoms with Crippen LogP contribution in [0.4, 0.5) is 4.39 Å². The summed E-state index contributed by atoms with van der Waals surface area (Å²) in [6.45, 7) is 1.71. The molecule has 0 spiro atoms. The van der Waals surface area contributed by atoms with Crippen LogP contribution in [0, 0.1) is 5.82 Å². The zero-order chi connectivity index (χ0) is 16.8. The van der Waals surface area contributed by atoms with Gasteiger partial charge in [-0.15, -0.1) is 0 Å². The van der Waals surface area contributed by atoms with Gasteiger partial charge in [-0.25, -0.2) is 4.39 Å². The largest absolute Gasteiger partial charge is 0.333 e. The minimum Gasteiger partial charge on any atom is -0.333 e. The van der Waals surface area contributed by atoms with Crippen molar-refractivity contribution in [3.63, 3.8) is 0 Å². The maximum atomic E-state index is 14.0. The van der Waals surface area contributed by atoms with Gasteiger partial charge in [-0.1, -0.05) is 46.3 Å². The van der Waals surface area contributed by atoms with E-state index in [1.807, 2.05) is 49.3 Å². The number of carbonyl (C=O) groups is 1. The number of likely N-dealkylation sites (N-methyl/N-ethyl adjacent to an activating group) is 1. The summed E-state index contributed by atoms with van der Waals surface area (Å²) in [7, 11) is 3.90. The molecular formula is C18H20BrFN2O. The predicted molar refractivity (Wildman–Crippen MR) is 93.8 cm³/mol. The van der Waals surface area contributed by atoms with Gasteiger partial charge < -0.3 is 9.80 Å². The molecule has 5 heteroatoms. The smallest absolute Gasteiger partial charge is 0.257 e. The quantitative estimate of drug-likeness (QED) is 0.763. The van der Waals surface area contributed by atoms with Gasteiger partial charge in [0.05, 0.1) is 5.56 Å². The Kier molecular flexibility index (Phi) is 6.30. The fourth-order valence-corrected chi connectivity index (χ4v) is 2.57. The van der Waals surface area contributed by atoms with E-state index < -0.39 is 5.82 Å².